The lowest BCUT2D eigenvalue weighted by atomic mass is 10.0. The number of nitrogens with zero attached hydrogens (tertiary/aromatic N) is 1. The van der Waals surface area contributed by atoms with Crippen LogP contribution in [-0.4, -0.2) is 39.6 Å². The Morgan fingerprint density at radius 3 is 2.73 bits per heavy atom. The van der Waals surface area contributed by atoms with Gasteiger partial charge >= 0.3 is 0 Å². The molecule has 0 radical (unpaired) electrons. The van der Waals surface area contributed by atoms with Crippen molar-refractivity contribution in [3.05, 3.63) is 83.3 Å². The van der Waals surface area contributed by atoms with Gasteiger partial charge in [-0.25, -0.2) is 14.3 Å². The second-order valence-electron chi connectivity index (χ2n) is 7.57. The summed E-state index contributed by atoms with van der Waals surface area (Å²) in [6, 6.07) is 10.3. The van der Waals surface area contributed by atoms with Gasteiger partial charge in [0.05, 0.1) is 24.7 Å². The fourth-order valence-electron chi connectivity index (χ4n) is 3.65. The van der Waals surface area contributed by atoms with Crippen molar-refractivity contribution in [3.8, 4) is 0 Å². The average molecular weight is 456 g/mol. The molecule has 0 aliphatic carbocycles. The van der Waals surface area contributed by atoms with Crippen molar-refractivity contribution in [1.82, 2.24) is 31.8 Å². The molecule has 1 aromatic heterocycles. The van der Waals surface area contributed by atoms with E-state index in [4.69, 9.17) is 5.21 Å². The second-order valence-corrected chi connectivity index (χ2v) is 7.57. The van der Waals surface area contributed by atoms with Crippen LogP contribution in [0.2, 0.25) is 0 Å². The summed E-state index contributed by atoms with van der Waals surface area (Å²) in [7, 11) is 0. The molecule has 33 heavy (non-hydrogen) atoms. The minimum absolute atomic E-state index is 0.00428. The molecular formula is C22H22F2N6O3. The van der Waals surface area contributed by atoms with Crippen molar-refractivity contribution in [3.63, 3.8) is 0 Å². The molecule has 0 unspecified atom stereocenters. The number of carbonyl (C=O) groups is 2. The number of carbonyl (C=O) groups excluding carboxylic acids is 2. The highest BCUT2D eigenvalue weighted by Gasteiger charge is 2.25. The van der Waals surface area contributed by atoms with Gasteiger partial charge in [-0.2, -0.15) is 0 Å². The molecular weight excluding hydrogens is 434 g/mol. The molecule has 1 aliphatic rings. The standard InChI is InChI=1S/C22H22F2N6O3/c23-18-6-5-13(8-19(18)24)22(32)26-11-15-12-30(29-27-15)16(9-21(31)28-33)7-14-10-25-20-4-2-1-3-17(14)20/h1-6,8,10,12,16,25,27,29,33H,7,9,11H2,(H,26,32)(H,28,31)/t16-/m1/s1. The van der Waals surface area contributed by atoms with Gasteiger partial charge in [0.1, 0.15) is 0 Å². The first-order valence-electron chi connectivity index (χ1n) is 10.2. The summed E-state index contributed by atoms with van der Waals surface area (Å²) in [6.45, 7) is 0.0767. The molecule has 9 nitrogen and oxygen atoms in total. The Morgan fingerprint density at radius 1 is 1.12 bits per heavy atom. The highest BCUT2D eigenvalue weighted by atomic mass is 19.2. The zero-order valence-corrected chi connectivity index (χ0v) is 17.4. The van der Waals surface area contributed by atoms with Crippen molar-refractivity contribution in [2.45, 2.75) is 18.9 Å². The molecule has 11 heteroatoms. The van der Waals surface area contributed by atoms with E-state index in [2.05, 4.69) is 21.3 Å². The number of benzene rings is 2. The molecule has 2 amide bonds. The van der Waals surface area contributed by atoms with Crippen LogP contribution >= 0.6 is 0 Å². The highest BCUT2D eigenvalue weighted by molar-refractivity contribution is 5.94. The summed E-state index contributed by atoms with van der Waals surface area (Å²) in [5.74, 6) is -3.24. The number of fused-ring (bicyclic) bond motifs is 1. The fraction of sp³-hybridized carbons (Fsp3) is 0.182. The third-order valence-electron chi connectivity index (χ3n) is 5.33. The summed E-state index contributed by atoms with van der Waals surface area (Å²) in [5, 5.41) is 14.3. The van der Waals surface area contributed by atoms with E-state index in [1.165, 1.54) is 6.07 Å². The molecule has 0 fully saturated rings. The monoisotopic (exact) mass is 456 g/mol. The van der Waals surface area contributed by atoms with Gasteiger partial charge in [0.25, 0.3) is 5.91 Å². The fourth-order valence-corrected chi connectivity index (χ4v) is 3.65. The average Bonchev–Trinajstić information content (AvgIpc) is 3.46. The lowest BCUT2D eigenvalue weighted by Crippen LogP contribution is -2.46. The third kappa shape index (κ3) is 5.10. The van der Waals surface area contributed by atoms with Crippen LogP contribution in [0.15, 0.2) is 60.6 Å². The summed E-state index contributed by atoms with van der Waals surface area (Å²) in [4.78, 5) is 27.3. The molecule has 6 N–H and O–H groups in total. The molecule has 2 heterocycles. The van der Waals surface area contributed by atoms with E-state index in [-0.39, 0.29) is 24.6 Å². The Bertz CT molecular complexity index is 1210. The number of amides is 2. The topological polar surface area (TPSA) is 122 Å². The SMILES string of the molecule is O=C(C[C@@H](Cc1c[nH]c2ccccc12)N1C=C(CNC(=O)c2ccc(F)c(F)c2)NN1)NO. The summed E-state index contributed by atoms with van der Waals surface area (Å²) in [6.07, 6.45) is 4.05. The molecule has 0 bridgehead atoms. The molecule has 0 saturated heterocycles. The molecule has 0 spiro atoms. The summed E-state index contributed by atoms with van der Waals surface area (Å²) < 4.78 is 26.4. The first-order chi connectivity index (χ1) is 15.9. The number of aromatic amines is 1. The molecule has 1 atom stereocenters. The predicted molar refractivity (Wildman–Crippen MR) is 115 cm³/mol. The maximum Gasteiger partial charge on any atom is 0.251 e. The van der Waals surface area contributed by atoms with Crippen molar-refractivity contribution in [1.29, 1.82) is 0 Å². The minimum atomic E-state index is -1.10. The first kappa shape index (κ1) is 22.2. The molecule has 0 saturated carbocycles. The van der Waals surface area contributed by atoms with E-state index in [0.717, 1.165) is 28.6 Å². The van der Waals surface area contributed by atoms with Gasteiger partial charge in [-0.3, -0.25) is 19.8 Å². The Balaban J connectivity index is 1.44. The molecule has 172 valence electrons. The van der Waals surface area contributed by atoms with Crippen molar-refractivity contribution >= 4 is 22.7 Å². The minimum Gasteiger partial charge on any atom is -0.361 e. The summed E-state index contributed by atoms with van der Waals surface area (Å²) in [5.41, 5.74) is 10.0. The molecule has 4 rings (SSSR count). The smallest absolute Gasteiger partial charge is 0.251 e. The van der Waals surface area contributed by atoms with Crippen LogP contribution in [0.3, 0.4) is 0 Å². The van der Waals surface area contributed by atoms with Gasteiger partial charge in [0.15, 0.2) is 11.6 Å². The van der Waals surface area contributed by atoms with Crippen LogP contribution in [0.5, 0.6) is 0 Å². The van der Waals surface area contributed by atoms with E-state index in [0.29, 0.717) is 12.1 Å². The number of hydrogen-bond donors (Lipinski definition) is 6. The number of aromatic nitrogens is 1. The zero-order chi connectivity index (χ0) is 23.4. The molecule has 3 aromatic rings. The van der Waals surface area contributed by atoms with Gasteiger partial charge in [0, 0.05) is 28.9 Å². The maximum absolute atomic E-state index is 13.4. The Labute approximate surface area is 187 Å². The van der Waals surface area contributed by atoms with Gasteiger partial charge in [0.2, 0.25) is 5.91 Å². The zero-order valence-electron chi connectivity index (χ0n) is 17.4. The highest BCUT2D eigenvalue weighted by Crippen LogP contribution is 2.22. The summed E-state index contributed by atoms with van der Waals surface area (Å²) >= 11 is 0. The quantitative estimate of drug-likeness (QED) is 0.227. The maximum atomic E-state index is 13.4. The van der Waals surface area contributed by atoms with Crippen molar-refractivity contribution < 1.29 is 23.6 Å². The van der Waals surface area contributed by atoms with Crippen LogP contribution in [0.4, 0.5) is 8.78 Å². The lowest BCUT2D eigenvalue weighted by Gasteiger charge is -2.26. The number of H-pyrrole nitrogens is 1. The number of halogens is 2. The number of hydroxylamine groups is 1. The van der Waals surface area contributed by atoms with Crippen LogP contribution in [0.1, 0.15) is 22.3 Å². The Morgan fingerprint density at radius 2 is 1.94 bits per heavy atom. The van der Waals surface area contributed by atoms with E-state index in [1.54, 1.807) is 16.7 Å². The van der Waals surface area contributed by atoms with Gasteiger partial charge in [-0.05, 0) is 36.2 Å². The van der Waals surface area contributed by atoms with E-state index in [1.807, 2.05) is 30.5 Å². The first-order valence-corrected chi connectivity index (χ1v) is 10.2. The van der Waals surface area contributed by atoms with Gasteiger partial charge in [-0.15, -0.1) is 5.53 Å². The predicted octanol–water partition coefficient (Wildman–Crippen LogP) is 1.85. The van der Waals surface area contributed by atoms with E-state index >= 15 is 0 Å². The third-order valence-corrected chi connectivity index (χ3v) is 5.33. The van der Waals surface area contributed by atoms with E-state index < -0.39 is 23.4 Å². The number of hydrogen-bond acceptors (Lipinski definition) is 6. The van der Waals surface area contributed by atoms with Crippen LogP contribution in [-0.2, 0) is 11.2 Å². The number of rotatable bonds is 8. The van der Waals surface area contributed by atoms with Crippen molar-refractivity contribution in [2.24, 2.45) is 0 Å². The van der Waals surface area contributed by atoms with E-state index in [9.17, 15) is 18.4 Å². The van der Waals surface area contributed by atoms with Gasteiger partial charge in [-0.1, -0.05) is 18.2 Å². The van der Waals surface area contributed by atoms with Crippen LogP contribution in [0.25, 0.3) is 10.9 Å². The van der Waals surface area contributed by atoms with Crippen molar-refractivity contribution in [2.75, 3.05) is 6.54 Å². The van der Waals surface area contributed by atoms with Crippen LogP contribution in [0, 0.1) is 11.6 Å². The normalized spacial score (nSPS) is 14.0. The lowest BCUT2D eigenvalue weighted by molar-refractivity contribution is -0.130. The second kappa shape index (κ2) is 9.67. The number of hydrazine groups is 2. The Kier molecular flexibility index (Phi) is 6.52. The Hall–Kier alpha value is -3.96. The largest absolute Gasteiger partial charge is 0.361 e. The number of nitrogens with one attached hydrogen (secondary N) is 5. The van der Waals surface area contributed by atoms with Crippen LogP contribution < -0.4 is 21.8 Å². The number of para-hydroxylation sites is 1. The molecule has 1 aliphatic heterocycles. The van der Waals surface area contributed by atoms with Gasteiger partial charge < -0.3 is 15.7 Å². The molecule has 2 aromatic carbocycles.